The fourth-order valence-electron chi connectivity index (χ4n) is 4.48. The van der Waals surface area contributed by atoms with Crippen molar-refractivity contribution in [2.24, 2.45) is 0 Å². The Kier molecular flexibility index (Phi) is 4.42. The highest BCUT2D eigenvalue weighted by atomic mass is 32.1. The van der Waals surface area contributed by atoms with Gasteiger partial charge in [0.15, 0.2) is 0 Å². The van der Waals surface area contributed by atoms with E-state index in [-0.39, 0.29) is 5.41 Å². The molecule has 0 amide bonds. The number of hydrogen-bond acceptors (Lipinski definition) is 4. The van der Waals surface area contributed by atoms with E-state index >= 15 is 0 Å². The fourth-order valence-corrected chi connectivity index (χ4v) is 6.34. The van der Waals surface area contributed by atoms with Crippen molar-refractivity contribution in [2.75, 3.05) is 0 Å². The lowest BCUT2D eigenvalue weighted by Crippen LogP contribution is -2.12. The third kappa shape index (κ3) is 3.14. The molecule has 6 rings (SSSR count). The average molecular weight is 451 g/mol. The van der Waals surface area contributed by atoms with Crippen LogP contribution < -0.4 is 0 Å². The molecule has 0 atom stereocenters. The van der Waals surface area contributed by atoms with Crippen molar-refractivity contribution < 1.29 is 0 Å². The molecule has 4 heteroatoms. The normalized spacial score (nSPS) is 12.2. The van der Waals surface area contributed by atoms with E-state index in [1.165, 1.54) is 47.8 Å². The smallest absolute Gasteiger partial charge is 0.123 e. The molecule has 4 heterocycles. The minimum atomic E-state index is 0.0465. The number of hydrogen-bond donors (Lipinski definition) is 0. The molecule has 32 heavy (non-hydrogen) atoms. The molecule has 0 fully saturated rings. The summed E-state index contributed by atoms with van der Waals surface area (Å²) in [5, 5.41) is 7.13. The van der Waals surface area contributed by atoms with Crippen molar-refractivity contribution in [3.05, 3.63) is 84.0 Å². The second-order valence-corrected chi connectivity index (χ2v) is 11.2. The van der Waals surface area contributed by atoms with Crippen molar-refractivity contribution in [1.82, 2.24) is 9.97 Å². The lowest BCUT2D eigenvalue weighted by Gasteiger charge is -2.22. The Hall–Kier alpha value is -3.08. The molecule has 0 aliphatic rings. The third-order valence-corrected chi connectivity index (χ3v) is 7.98. The molecule has 0 aliphatic heterocycles. The molecule has 0 aliphatic carbocycles. The Morgan fingerprint density at radius 1 is 0.781 bits per heavy atom. The molecular formula is C28H22N2S2. The van der Waals surface area contributed by atoms with Crippen LogP contribution in [0.1, 0.15) is 26.3 Å². The lowest BCUT2D eigenvalue weighted by molar-refractivity contribution is 0.596. The van der Waals surface area contributed by atoms with Crippen LogP contribution in [0.3, 0.4) is 0 Å². The number of fused-ring (bicyclic) bond motifs is 3. The summed E-state index contributed by atoms with van der Waals surface area (Å²) in [5.74, 6) is 0. The third-order valence-electron chi connectivity index (χ3n) is 6.02. The van der Waals surface area contributed by atoms with Gasteiger partial charge in [0.2, 0.25) is 0 Å². The van der Waals surface area contributed by atoms with Crippen molar-refractivity contribution >= 4 is 53.7 Å². The molecule has 0 radical (unpaired) electrons. The quantitative estimate of drug-likeness (QED) is 0.264. The van der Waals surface area contributed by atoms with E-state index in [1.54, 1.807) is 11.3 Å². The van der Waals surface area contributed by atoms with E-state index in [4.69, 9.17) is 4.98 Å². The van der Waals surface area contributed by atoms with Gasteiger partial charge in [-0.05, 0) is 63.5 Å². The van der Waals surface area contributed by atoms with Crippen molar-refractivity contribution in [3.63, 3.8) is 0 Å². The summed E-state index contributed by atoms with van der Waals surface area (Å²) in [7, 11) is 0. The number of benzene rings is 2. The van der Waals surface area contributed by atoms with Crippen molar-refractivity contribution in [2.45, 2.75) is 26.2 Å². The Morgan fingerprint density at radius 3 is 2.50 bits per heavy atom. The predicted molar refractivity (Wildman–Crippen MR) is 140 cm³/mol. The summed E-state index contributed by atoms with van der Waals surface area (Å²) < 4.78 is 1.26. The highest BCUT2D eigenvalue weighted by Crippen LogP contribution is 2.42. The monoisotopic (exact) mass is 450 g/mol. The van der Waals surface area contributed by atoms with Crippen molar-refractivity contribution in [1.29, 1.82) is 0 Å². The maximum atomic E-state index is 4.86. The van der Waals surface area contributed by atoms with Crippen LogP contribution >= 0.6 is 22.7 Å². The largest absolute Gasteiger partial charge is 0.256 e. The zero-order valence-corrected chi connectivity index (χ0v) is 19.8. The second-order valence-electron chi connectivity index (χ2n) is 9.17. The van der Waals surface area contributed by atoms with Gasteiger partial charge in [-0.25, -0.2) is 4.98 Å². The number of thiophene rings is 2. The maximum absolute atomic E-state index is 4.86. The lowest BCUT2D eigenvalue weighted by atomic mass is 9.82. The summed E-state index contributed by atoms with van der Waals surface area (Å²) in [5.41, 5.74) is 4.88. The Bertz CT molecular complexity index is 1620. The van der Waals surface area contributed by atoms with Gasteiger partial charge in [0.1, 0.15) is 4.83 Å². The molecule has 0 unspecified atom stereocenters. The van der Waals surface area contributed by atoms with E-state index in [9.17, 15) is 0 Å². The van der Waals surface area contributed by atoms with Crippen LogP contribution in [0.15, 0.2) is 78.4 Å². The summed E-state index contributed by atoms with van der Waals surface area (Å²) in [4.78, 5) is 11.7. The summed E-state index contributed by atoms with van der Waals surface area (Å²) in [6, 6.07) is 22.0. The topological polar surface area (TPSA) is 25.8 Å². The van der Waals surface area contributed by atoms with Crippen LogP contribution in [-0.4, -0.2) is 9.97 Å². The van der Waals surface area contributed by atoms with Gasteiger partial charge in [-0.2, -0.15) is 0 Å². The first-order chi connectivity index (χ1) is 15.5. The van der Waals surface area contributed by atoms with Gasteiger partial charge in [-0.1, -0.05) is 45.0 Å². The predicted octanol–water partition coefficient (Wildman–Crippen LogP) is 8.69. The Balaban J connectivity index is 1.60. The first-order valence-corrected chi connectivity index (χ1v) is 12.4. The van der Waals surface area contributed by atoms with E-state index < -0.39 is 0 Å². The van der Waals surface area contributed by atoms with E-state index in [1.807, 2.05) is 23.7 Å². The molecule has 2 nitrogen and oxygen atoms in total. The van der Waals surface area contributed by atoms with Gasteiger partial charge < -0.3 is 0 Å². The second kappa shape index (κ2) is 7.22. The molecule has 0 saturated heterocycles. The first-order valence-electron chi connectivity index (χ1n) is 10.7. The number of rotatable bonds is 2. The number of aromatic nitrogens is 2. The number of nitrogens with zero attached hydrogens (tertiary/aromatic N) is 2. The first kappa shape index (κ1) is 19.6. The summed E-state index contributed by atoms with van der Waals surface area (Å²) in [6.45, 7) is 6.85. The van der Waals surface area contributed by atoms with Crippen LogP contribution in [0.5, 0.6) is 0 Å². The van der Waals surface area contributed by atoms with Gasteiger partial charge >= 0.3 is 0 Å². The van der Waals surface area contributed by atoms with E-state index in [0.29, 0.717) is 0 Å². The van der Waals surface area contributed by atoms with Gasteiger partial charge in [0, 0.05) is 43.9 Å². The van der Waals surface area contributed by atoms with Crippen LogP contribution in [0.2, 0.25) is 0 Å². The molecule has 0 bridgehead atoms. The minimum Gasteiger partial charge on any atom is -0.256 e. The van der Waals surface area contributed by atoms with Crippen molar-refractivity contribution in [3.8, 4) is 21.7 Å². The molecule has 0 spiro atoms. The zero-order valence-electron chi connectivity index (χ0n) is 18.2. The van der Waals surface area contributed by atoms with E-state index in [0.717, 1.165) is 10.5 Å². The Labute approximate surface area is 195 Å². The van der Waals surface area contributed by atoms with Gasteiger partial charge in [0.05, 0.1) is 5.69 Å². The summed E-state index contributed by atoms with van der Waals surface area (Å²) >= 11 is 3.52. The van der Waals surface area contributed by atoms with Crippen LogP contribution in [0.4, 0.5) is 0 Å². The van der Waals surface area contributed by atoms with Crippen LogP contribution in [-0.2, 0) is 5.41 Å². The minimum absolute atomic E-state index is 0.0465. The highest BCUT2D eigenvalue weighted by molar-refractivity contribution is 7.22. The maximum Gasteiger partial charge on any atom is 0.123 e. The summed E-state index contributed by atoms with van der Waals surface area (Å²) in [6.07, 6.45) is 3.85. The van der Waals surface area contributed by atoms with Gasteiger partial charge in [-0.15, -0.1) is 22.7 Å². The molecule has 4 aromatic heterocycles. The molecule has 6 aromatic rings. The van der Waals surface area contributed by atoms with E-state index in [2.05, 4.69) is 91.8 Å². The molecule has 0 N–H and O–H groups in total. The molecule has 156 valence electrons. The fraction of sp³-hybridized carbons (Fsp3) is 0.143. The SMILES string of the molecule is CC(C)(C)c1cc(-c2nccc3sc(-c4ccnc5sccc45)cc23)cc2ccccc12. The van der Waals surface area contributed by atoms with Crippen LogP contribution in [0.25, 0.3) is 52.8 Å². The standard InChI is InChI=1S/C28H22N2S2/c1-28(2,3)23-15-18(14-17-6-4-5-7-19(17)23)26-22-16-25(32-24(22)9-12-29-26)20-8-11-30-27-21(20)10-13-31-27/h4-16H,1-3H3. The highest BCUT2D eigenvalue weighted by Gasteiger charge is 2.20. The molecule has 0 saturated carbocycles. The zero-order chi connectivity index (χ0) is 21.9. The number of pyridine rings is 2. The molecular weight excluding hydrogens is 428 g/mol. The van der Waals surface area contributed by atoms with Crippen LogP contribution in [0, 0.1) is 0 Å². The Morgan fingerprint density at radius 2 is 1.62 bits per heavy atom. The van der Waals surface area contributed by atoms with Gasteiger partial charge in [-0.3, -0.25) is 4.98 Å². The van der Waals surface area contributed by atoms with Gasteiger partial charge in [0.25, 0.3) is 0 Å². The average Bonchev–Trinajstić information content (AvgIpc) is 3.44. The molecule has 2 aromatic carbocycles.